The van der Waals surface area contributed by atoms with Gasteiger partial charge in [-0.1, -0.05) is 43.0 Å². The van der Waals surface area contributed by atoms with Gasteiger partial charge in [0, 0.05) is 17.1 Å². The van der Waals surface area contributed by atoms with Crippen molar-refractivity contribution in [2.75, 3.05) is 5.32 Å². The molecule has 2 N–H and O–H groups in total. The minimum absolute atomic E-state index is 0.0266. The van der Waals surface area contributed by atoms with Crippen LogP contribution >= 0.6 is 11.6 Å². The summed E-state index contributed by atoms with van der Waals surface area (Å²) in [5.41, 5.74) is 0.376. The lowest BCUT2D eigenvalue weighted by Gasteiger charge is -2.09. The summed E-state index contributed by atoms with van der Waals surface area (Å²) in [6.07, 6.45) is 4.72. The number of nitrogens with zero attached hydrogens (tertiary/aromatic N) is 1. The molecule has 0 saturated heterocycles. The molecule has 1 heterocycles. The van der Waals surface area contributed by atoms with E-state index < -0.39 is 17.7 Å². The fourth-order valence-electron chi connectivity index (χ4n) is 2.27. The summed E-state index contributed by atoms with van der Waals surface area (Å²) >= 11 is 5.86. The number of pyridine rings is 1. The fraction of sp³-hybridized carbons (Fsp3) is 0.158. The monoisotopic (exact) mass is 376 g/mol. The fourth-order valence-corrected chi connectivity index (χ4v) is 2.53. The van der Waals surface area contributed by atoms with E-state index in [1.165, 1.54) is 31.5 Å². The second-order valence-corrected chi connectivity index (χ2v) is 6.22. The summed E-state index contributed by atoms with van der Waals surface area (Å²) in [6.45, 7) is 0. The van der Waals surface area contributed by atoms with E-state index >= 15 is 0 Å². The Kier molecular flexibility index (Phi) is 5.32. The van der Waals surface area contributed by atoms with E-state index in [9.17, 15) is 13.6 Å². The highest BCUT2D eigenvalue weighted by Gasteiger charge is 2.14. The zero-order chi connectivity index (χ0) is 18.7. The molecule has 0 spiro atoms. The Balaban J connectivity index is 0.000000592. The Morgan fingerprint density at radius 3 is 2.38 bits per heavy atom. The van der Waals surface area contributed by atoms with Crippen LogP contribution in [0.4, 0.5) is 19.4 Å². The maximum absolute atomic E-state index is 14.0. The predicted molar refractivity (Wildman–Crippen MR) is 97.6 cm³/mol. The van der Waals surface area contributed by atoms with Gasteiger partial charge in [0.05, 0.1) is 5.02 Å². The first-order valence-corrected chi connectivity index (χ1v) is 8.37. The molecule has 0 atom stereocenters. The number of carboxylic acid groups (broad SMARTS) is 1. The molecule has 4 nitrogen and oxygen atoms in total. The highest BCUT2D eigenvalue weighted by molar-refractivity contribution is 6.33. The molecule has 1 fully saturated rings. The number of carbonyl (C=O) groups is 1. The van der Waals surface area contributed by atoms with Gasteiger partial charge in [-0.3, -0.25) is 5.32 Å². The standard InChI is InChI=1S/C16H9ClF2N2O2.C3H6/c17-15-12(19)4-3-11(18)14(15)9-2-1-8-6-13(21-16(22)23)20-7-10(8)5-9;1-2-3-1/h1-7H,(H,20,21)(H,22,23);1-3H2. The van der Waals surface area contributed by atoms with Crippen LogP contribution in [0.3, 0.4) is 0 Å². The van der Waals surface area contributed by atoms with Crippen LogP contribution in [0.5, 0.6) is 0 Å². The van der Waals surface area contributed by atoms with Crippen LogP contribution in [-0.2, 0) is 0 Å². The van der Waals surface area contributed by atoms with Crippen LogP contribution in [0.1, 0.15) is 19.3 Å². The van der Waals surface area contributed by atoms with Gasteiger partial charge >= 0.3 is 6.09 Å². The van der Waals surface area contributed by atoms with Crippen LogP contribution in [0, 0.1) is 11.6 Å². The molecule has 1 aliphatic rings. The Morgan fingerprint density at radius 1 is 1.04 bits per heavy atom. The number of aromatic nitrogens is 1. The highest BCUT2D eigenvalue weighted by atomic mass is 35.5. The summed E-state index contributed by atoms with van der Waals surface area (Å²) in [5.74, 6) is -1.16. The molecule has 1 aliphatic carbocycles. The van der Waals surface area contributed by atoms with Crippen molar-refractivity contribution in [1.82, 2.24) is 4.98 Å². The summed E-state index contributed by atoms with van der Waals surface area (Å²) < 4.78 is 27.5. The molecule has 0 radical (unpaired) electrons. The molecule has 1 amide bonds. The molecule has 4 rings (SSSR count). The number of fused-ring (bicyclic) bond motifs is 1. The number of benzene rings is 2. The molecular weight excluding hydrogens is 362 g/mol. The van der Waals surface area contributed by atoms with Gasteiger partial charge in [0.15, 0.2) is 0 Å². The lowest BCUT2D eigenvalue weighted by Crippen LogP contribution is -2.08. The Labute approximate surface area is 153 Å². The molecule has 7 heteroatoms. The van der Waals surface area contributed by atoms with E-state index in [-0.39, 0.29) is 16.4 Å². The zero-order valence-electron chi connectivity index (χ0n) is 13.6. The van der Waals surface area contributed by atoms with Crippen molar-refractivity contribution >= 4 is 34.3 Å². The van der Waals surface area contributed by atoms with E-state index in [4.69, 9.17) is 16.7 Å². The third kappa shape index (κ3) is 4.26. The van der Waals surface area contributed by atoms with Gasteiger partial charge < -0.3 is 5.11 Å². The third-order valence-electron chi connectivity index (χ3n) is 3.64. The molecule has 1 saturated carbocycles. The number of amides is 1. The first kappa shape index (κ1) is 18.1. The maximum atomic E-state index is 14.0. The van der Waals surface area contributed by atoms with E-state index in [1.54, 1.807) is 18.2 Å². The van der Waals surface area contributed by atoms with E-state index in [0.717, 1.165) is 12.1 Å². The lowest BCUT2D eigenvalue weighted by atomic mass is 10.0. The van der Waals surface area contributed by atoms with E-state index in [1.807, 2.05) is 0 Å². The molecule has 0 aliphatic heterocycles. The number of nitrogens with one attached hydrogen (secondary N) is 1. The van der Waals surface area contributed by atoms with Crippen molar-refractivity contribution in [3.63, 3.8) is 0 Å². The second-order valence-electron chi connectivity index (χ2n) is 5.84. The summed E-state index contributed by atoms with van der Waals surface area (Å²) in [7, 11) is 0. The average Bonchev–Trinajstić information content (AvgIpc) is 3.47. The number of anilines is 1. The largest absolute Gasteiger partial charge is 0.465 e. The number of halogens is 3. The van der Waals surface area contributed by atoms with Crippen LogP contribution in [0.25, 0.3) is 21.9 Å². The van der Waals surface area contributed by atoms with Gasteiger partial charge in [0.2, 0.25) is 0 Å². The normalized spacial score (nSPS) is 12.3. The number of rotatable bonds is 2. The maximum Gasteiger partial charge on any atom is 0.410 e. The summed E-state index contributed by atoms with van der Waals surface area (Å²) in [5, 5.41) is 11.9. The first-order chi connectivity index (χ1) is 12.5. The highest BCUT2D eigenvalue weighted by Crippen LogP contribution is 2.34. The number of hydrogen-bond acceptors (Lipinski definition) is 2. The van der Waals surface area contributed by atoms with Gasteiger partial charge in [-0.05, 0) is 35.2 Å². The van der Waals surface area contributed by atoms with Crippen molar-refractivity contribution in [3.05, 3.63) is 59.3 Å². The molecule has 2 aromatic carbocycles. The molecule has 0 bridgehead atoms. The Bertz CT molecular complexity index is 974. The summed E-state index contributed by atoms with van der Waals surface area (Å²) in [4.78, 5) is 14.6. The molecule has 26 heavy (non-hydrogen) atoms. The lowest BCUT2D eigenvalue weighted by molar-refractivity contribution is 0.209. The minimum Gasteiger partial charge on any atom is -0.465 e. The minimum atomic E-state index is -1.22. The summed E-state index contributed by atoms with van der Waals surface area (Å²) in [6, 6.07) is 8.36. The van der Waals surface area contributed by atoms with Crippen molar-refractivity contribution in [2.24, 2.45) is 0 Å². The molecule has 134 valence electrons. The van der Waals surface area contributed by atoms with Crippen LogP contribution in [-0.4, -0.2) is 16.2 Å². The van der Waals surface area contributed by atoms with E-state index in [0.29, 0.717) is 16.3 Å². The van der Waals surface area contributed by atoms with Crippen LogP contribution in [0.2, 0.25) is 5.02 Å². The second kappa shape index (κ2) is 7.66. The van der Waals surface area contributed by atoms with Gasteiger partial charge in [0.25, 0.3) is 0 Å². The van der Waals surface area contributed by atoms with Crippen molar-refractivity contribution < 1.29 is 18.7 Å². The van der Waals surface area contributed by atoms with Gasteiger partial charge in [-0.15, -0.1) is 0 Å². The SMILES string of the molecule is C1CC1.O=C(O)Nc1cc2ccc(-c3c(F)ccc(F)c3Cl)cc2cn1. The third-order valence-corrected chi connectivity index (χ3v) is 4.01. The van der Waals surface area contributed by atoms with Gasteiger partial charge in [0.1, 0.15) is 17.5 Å². The molecule has 1 aromatic heterocycles. The smallest absolute Gasteiger partial charge is 0.410 e. The van der Waals surface area contributed by atoms with Crippen molar-refractivity contribution in [3.8, 4) is 11.1 Å². The van der Waals surface area contributed by atoms with Crippen LogP contribution in [0.15, 0.2) is 42.6 Å². The van der Waals surface area contributed by atoms with Gasteiger partial charge in [-0.2, -0.15) is 0 Å². The molecular formula is C19H15ClF2N2O2. The Hall–Kier alpha value is -2.73. The molecule has 0 unspecified atom stereocenters. The zero-order valence-corrected chi connectivity index (χ0v) is 14.4. The average molecular weight is 377 g/mol. The quantitative estimate of drug-likeness (QED) is 0.531. The Morgan fingerprint density at radius 2 is 1.73 bits per heavy atom. The van der Waals surface area contributed by atoms with Crippen molar-refractivity contribution in [1.29, 1.82) is 0 Å². The predicted octanol–water partition coefficient (Wildman–Crippen LogP) is 6.09. The van der Waals surface area contributed by atoms with Gasteiger partial charge in [-0.25, -0.2) is 18.6 Å². The first-order valence-electron chi connectivity index (χ1n) is 7.99. The van der Waals surface area contributed by atoms with Crippen LogP contribution < -0.4 is 5.32 Å². The van der Waals surface area contributed by atoms with E-state index in [2.05, 4.69) is 10.3 Å². The van der Waals surface area contributed by atoms with Crippen molar-refractivity contribution in [2.45, 2.75) is 19.3 Å². The topological polar surface area (TPSA) is 62.2 Å². The molecule has 3 aromatic rings. The number of hydrogen-bond donors (Lipinski definition) is 2.